The lowest BCUT2D eigenvalue weighted by molar-refractivity contribution is 0.411. The molecular weight excluding hydrogens is 480 g/mol. The Balaban J connectivity index is 1.72. The summed E-state index contributed by atoms with van der Waals surface area (Å²) in [6.45, 7) is 10.9. The van der Waals surface area contributed by atoms with Crippen LogP contribution in [0.15, 0.2) is 71.6 Å². The van der Waals surface area contributed by atoms with E-state index in [0.717, 1.165) is 58.3 Å². The summed E-state index contributed by atoms with van der Waals surface area (Å²) in [7, 11) is 2.07. The highest BCUT2D eigenvalue weighted by molar-refractivity contribution is 6.36. The van der Waals surface area contributed by atoms with Gasteiger partial charge in [0, 0.05) is 80.0 Å². The molecule has 1 fully saturated rings. The number of hydrogen-bond acceptors (Lipinski definition) is 6. The Hall–Kier alpha value is -3.64. The quantitative estimate of drug-likeness (QED) is 0.274. The molecule has 1 aromatic heterocycles. The molecule has 4 rings (SSSR count). The van der Waals surface area contributed by atoms with Gasteiger partial charge in [-0.15, -0.1) is 0 Å². The SMILES string of the molecule is C=N/C=C(/C(C)c1ccc2nc(N3CCC3)c(Cc3ccc(N/C=C\C=N)cc3)c(Cl)c2c1)N(C)CC. The van der Waals surface area contributed by atoms with Gasteiger partial charge in [-0.3, -0.25) is 4.99 Å². The van der Waals surface area contributed by atoms with E-state index in [0.29, 0.717) is 6.42 Å². The minimum atomic E-state index is 0.135. The van der Waals surface area contributed by atoms with E-state index < -0.39 is 0 Å². The second-order valence-electron chi connectivity index (χ2n) is 9.36. The highest BCUT2D eigenvalue weighted by Crippen LogP contribution is 2.38. The summed E-state index contributed by atoms with van der Waals surface area (Å²) < 4.78 is 0. The molecule has 0 aliphatic carbocycles. The van der Waals surface area contributed by atoms with Crippen molar-refractivity contribution in [3.8, 4) is 0 Å². The molecule has 0 radical (unpaired) electrons. The van der Waals surface area contributed by atoms with E-state index in [1.165, 1.54) is 23.8 Å². The van der Waals surface area contributed by atoms with Gasteiger partial charge < -0.3 is 20.5 Å². The molecule has 1 saturated heterocycles. The van der Waals surface area contributed by atoms with Crippen LogP contribution in [-0.4, -0.2) is 49.5 Å². The third kappa shape index (κ3) is 5.86. The number of allylic oxidation sites excluding steroid dienone is 2. The Morgan fingerprint density at radius 2 is 2.03 bits per heavy atom. The van der Waals surface area contributed by atoms with Crippen molar-refractivity contribution in [2.24, 2.45) is 4.99 Å². The van der Waals surface area contributed by atoms with Gasteiger partial charge in [-0.1, -0.05) is 36.7 Å². The van der Waals surface area contributed by atoms with Gasteiger partial charge >= 0.3 is 0 Å². The number of halogens is 1. The van der Waals surface area contributed by atoms with Crippen molar-refractivity contribution in [2.45, 2.75) is 32.6 Å². The zero-order valence-corrected chi connectivity index (χ0v) is 22.6. The molecule has 1 aliphatic heterocycles. The van der Waals surface area contributed by atoms with Crippen LogP contribution in [-0.2, 0) is 6.42 Å². The summed E-state index contributed by atoms with van der Waals surface area (Å²) in [5.41, 5.74) is 6.41. The molecule has 0 bridgehead atoms. The monoisotopic (exact) mass is 514 g/mol. The second kappa shape index (κ2) is 12.1. The van der Waals surface area contributed by atoms with Crippen LogP contribution >= 0.6 is 11.6 Å². The summed E-state index contributed by atoms with van der Waals surface area (Å²) in [6, 6.07) is 14.7. The smallest absolute Gasteiger partial charge is 0.134 e. The first-order valence-electron chi connectivity index (χ1n) is 12.7. The fourth-order valence-electron chi connectivity index (χ4n) is 4.59. The van der Waals surface area contributed by atoms with Gasteiger partial charge in [-0.25, -0.2) is 4.98 Å². The molecule has 37 heavy (non-hydrogen) atoms. The van der Waals surface area contributed by atoms with Crippen molar-refractivity contribution in [1.82, 2.24) is 9.88 Å². The Labute approximate surface area is 224 Å². The fraction of sp³-hybridized carbons (Fsp3) is 0.300. The molecule has 0 saturated carbocycles. The Morgan fingerprint density at radius 1 is 1.27 bits per heavy atom. The molecule has 192 valence electrons. The summed E-state index contributed by atoms with van der Waals surface area (Å²) >= 11 is 7.18. The summed E-state index contributed by atoms with van der Waals surface area (Å²) in [6.07, 6.45) is 8.36. The van der Waals surface area contributed by atoms with Crippen LogP contribution < -0.4 is 10.2 Å². The van der Waals surface area contributed by atoms with Crippen molar-refractivity contribution in [2.75, 3.05) is 36.9 Å². The normalized spacial score (nSPS) is 14.5. The first-order valence-corrected chi connectivity index (χ1v) is 13.1. The lowest BCUT2D eigenvalue weighted by Crippen LogP contribution is -2.38. The van der Waals surface area contributed by atoms with Crippen LogP contribution in [0, 0.1) is 5.41 Å². The van der Waals surface area contributed by atoms with Gasteiger partial charge in [-0.2, -0.15) is 0 Å². The van der Waals surface area contributed by atoms with Gasteiger partial charge in [-0.05, 0) is 61.5 Å². The largest absolute Gasteiger partial charge is 0.376 e. The number of benzene rings is 2. The highest BCUT2D eigenvalue weighted by Gasteiger charge is 2.24. The maximum Gasteiger partial charge on any atom is 0.134 e. The molecule has 6 nitrogen and oxygen atoms in total. The zero-order chi connectivity index (χ0) is 26.4. The third-order valence-corrected chi connectivity index (χ3v) is 7.47. The zero-order valence-electron chi connectivity index (χ0n) is 21.8. The van der Waals surface area contributed by atoms with E-state index in [1.807, 2.05) is 18.3 Å². The molecule has 2 aromatic carbocycles. The maximum absolute atomic E-state index is 7.18. The first-order chi connectivity index (χ1) is 18.0. The van der Waals surface area contributed by atoms with E-state index in [2.05, 4.69) is 78.1 Å². The molecule has 2 N–H and O–H groups in total. The van der Waals surface area contributed by atoms with Gasteiger partial charge in [0.05, 0.1) is 10.5 Å². The Morgan fingerprint density at radius 3 is 2.65 bits per heavy atom. The van der Waals surface area contributed by atoms with Crippen LogP contribution in [0.5, 0.6) is 0 Å². The van der Waals surface area contributed by atoms with Gasteiger partial charge in [0.2, 0.25) is 0 Å². The highest BCUT2D eigenvalue weighted by atomic mass is 35.5. The molecule has 0 spiro atoms. The van der Waals surface area contributed by atoms with E-state index in [1.54, 1.807) is 12.3 Å². The third-order valence-electron chi connectivity index (χ3n) is 7.03. The number of nitrogens with zero attached hydrogens (tertiary/aromatic N) is 4. The molecule has 2 heterocycles. The van der Waals surface area contributed by atoms with E-state index in [4.69, 9.17) is 22.0 Å². The minimum absolute atomic E-state index is 0.135. The van der Waals surface area contributed by atoms with Gasteiger partial charge in [0.25, 0.3) is 0 Å². The average molecular weight is 515 g/mol. The lowest BCUT2D eigenvalue weighted by atomic mass is 9.94. The molecule has 7 heteroatoms. The standard InChI is InChI=1S/C30H35ClN6/c1-5-36(4)28(20-33-3)21(2)23-10-13-27-25(19-23)29(31)26(30(35-27)37-16-7-17-37)18-22-8-11-24(12-9-22)34-15-6-14-32/h6,8-15,19-21,32,34H,3,5,7,16-18H2,1-2,4H3/b15-6-,28-20-,32-14?. The maximum atomic E-state index is 7.18. The summed E-state index contributed by atoms with van der Waals surface area (Å²) in [5, 5.41) is 12.0. The van der Waals surface area contributed by atoms with Crippen LogP contribution in [0.2, 0.25) is 5.02 Å². The lowest BCUT2D eigenvalue weighted by Gasteiger charge is -2.34. The first kappa shape index (κ1) is 26.4. The minimum Gasteiger partial charge on any atom is -0.376 e. The number of nitrogens with one attached hydrogen (secondary N) is 2. The summed E-state index contributed by atoms with van der Waals surface area (Å²) in [5.74, 6) is 1.12. The van der Waals surface area contributed by atoms with E-state index >= 15 is 0 Å². The Bertz CT molecular complexity index is 1320. The summed E-state index contributed by atoms with van der Waals surface area (Å²) in [4.78, 5) is 13.7. The van der Waals surface area contributed by atoms with Crippen molar-refractivity contribution < 1.29 is 0 Å². The number of likely N-dealkylation sites (N-methyl/N-ethyl adjacent to an activating group) is 1. The van der Waals surface area contributed by atoms with Crippen molar-refractivity contribution in [3.63, 3.8) is 0 Å². The molecule has 3 aromatic rings. The van der Waals surface area contributed by atoms with Crippen molar-refractivity contribution in [3.05, 3.63) is 88.4 Å². The number of fused-ring (bicyclic) bond motifs is 1. The number of anilines is 2. The van der Waals surface area contributed by atoms with Crippen molar-refractivity contribution in [1.29, 1.82) is 5.41 Å². The number of pyridine rings is 1. The molecular formula is C30H35ClN6. The number of aliphatic imine (C=N–C) groups is 1. The topological polar surface area (TPSA) is 67.6 Å². The predicted octanol–water partition coefficient (Wildman–Crippen LogP) is 6.86. The van der Waals surface area contributed by atoms with Crippen LogP contribution in [0.1, 0.15) is 42.9 Å². The Kier molecular flexibility index (Phi) is 8.62. The number of rotatable bonds is 11. The number of hydrogen-bond donors (Lipinski definition) is 2. The molecule has 1 unspecified atom stereocenters. The predicted molar refractivity (Wildman–Crippen MR) is 159 cm³/mol. The van der Waals surface area contributed by atoms with Gasteiger partial charge in [0.15, 0.2) is 0 Å². The van der Waals surface area contributed by atoms with E-state index in [9.17, 15) is 0 Å². The average Bonchev–Trinajstić information content (AvgIpc) is 2.88. The molecule has 1 aliphatic rings. The number of aromatic nitrogens is 1. The second-order valence-corrected chi connectivity index (χ2v) is 9.74. The molecule has 0 amide bonds. The van der Waals surface area contributed by atoms with Gasteiger partial charge in [0.1, 0.15) is 5.82 Å². The van der Waals surface area contributed by atoms with E-state index in [-0.39, 0.29) is 5.92 Å². The van der Waals surface area contributed by atoms with Crippen LogP contribution in [0.3, 0.4) is 0 Å². The van der Waals surface area contributed by atoms with Crippen molar-refractivity contribution >= 4 is 46.9 Å². The molecule has 1 atom stereocenters. The fourth-order valence-corrected chi connectivity index (χ4v) is 4.89. The van der Waals surface area contributed by atoms with Crippen LogP contribution in [0.25, 0.3) is 10.9 Å². The van der Waals surface area contributed by atoms with Crippen LogP contribution in [0.4, 0.5) is 11.5 Å².